The summed E-state index contributed by atoms with van der Waals surface area (Å²) in [7, 11) is 0. The lowest BCUT2D eigenvalue weighted by molar-refractivity contribution is -0.132. The van der Waals surface area contributed by atoms with Gasteiger partial charge >= 0.3 is 5.97 Å². The zero-order valence-corrected chi connectivity index (χ0v) is 9.03. The molecule has 1 N–H and O–H groups in total. The second-order valence-corrected chi connectivity index (χ2v) is 3.10. The van der Waals surface area contributed by atoms with Gasteiger partial charge in [-0.3, -0.25) is 0 Å². The third-order valence-corrected chi connectivity index (χ3v) is 1.70. The summed E-state index contributed by atoms with van der Waals surface area (Å²) in [6, 6.07) is 1.62. The molecule has 0 atom stereocenters. The van der Waals surface area contributed by atoms with Gasteiger partial charge in [0.05, 0.1) is 0 Å². The van der Waals surface area contributed by atoms with Crippen molar-refractivity contribution in [1.29, 1.82) is 5.26 Å². The lowest BCUT2D eigenvalue weighted by atomic mass is 10.2. The zero-order chi connectivity index (χ0) is 11.7. The molecule has 0 heterocycles. The number of carboxylic acid groups (broad SMARTS) is 1. The summed E-state index contributed by atoms with van der Waals surface area (Å²) in [6.07, 6.45) is 8.95. The summed E-state index contributed by atoms with van der Waals surface area (Å²) in [5, 5.41) is 17.0. The lowest BCUT2D eigenvalue weighted by Gasteiger charge is -1.90. The van der Waals surface area contributed by atoms with Crippen molar-refractivity contribution >= 4 is 5.97 Å². The predicted molar refractivity (Wildman–Crippen MR) is 59.1 cm³/mol. The minimum Gasteiger partial charge on any atom is -0.477 e. The highest BCUT2D eigenvalue weighted by Crippen LogP contribution is 2.01. The number of carbonyl (C=O) groups is 1. The normalized spacial score (nSPS) is 12.9. The maximum Gasteiger partial charge on any atom is 0.346 e. The van der Waals surface area contributed by atoms with Gasteiger partial charge in [-0.2, -0.15) is 5.26 Å². The van der Waals surface area contributed by atoms with Crippen LogP contribution in [0.2, 0.25) is 0 Å². The number of aliphatic carboxylic acids is 1. The van der Waals surface area contributed by atoms with Crippen molar-refractivity contribution in [3.63, 3.8) is 0 Å². The number of nitrogens with zero attached hydrogens (tertiary/aromatic N) is 1. The monoisotopic (exact) mass is 205 g/mol. The van der Waals surface area contributed by atoms with E-state index >= 15 is 0 Å². The molecule has 15 heavy (non-hydrogen) atoms. The molecule has 0 aromatic carbocycles. The second kappa shape index (κ2) is 7.57. The molecule has 3 nitrogen and oxygen atoms in total. The fraction of sp³-hybridized carbons (Fsp3) is 0.333. The van der Waals surface area contributed by atoms with Crippen molar-refractivity contribution in [2.45, 2.75) is 26.7 Å². The molecule has 0 aliphatic rings. The van der Waals surface area contributed by atoms with Gasteiger partial charge < -0.3 is 5.11 Å². The average molecular weight is 205 g/mol. The summed E-state index contributed by atoms with van der Waals surface area (Å²) >= 11 is 0. The van der Waals surface area contributed by atoms with Gasteiger partial charge in [-0.25, -0.2) is 4.79 Å². The van der Waals surface area contributed by atoms with E-state index in [0.717, 1.165) is 18.4 Å². The number of rotatable bonds is 5. The third kappa shape index (κ3) is 6.28. The summed E-state index contributed by atoms with van der Waals surface area (Å²) < 4.78 is 0. The Kier molecular flexibility index (Phi) is 6.65. The molecule has 0 saturated heterocycles. The topological polar surface area (TPSA) is 61.1 Å². The molecule has 80 valence electrons. The molecular formula is C12H15NO2. The highest BCUT2D eigenvalue weighted by Gasteiger charge is 2.02. The van der Waals surface area contributed by atoms with E-state index in [1.165, 1.54) is 6.08 Å². The van der Waals surface area contributed by atoms with Gasteiger partial charge in [0, 0.05) is 0 Å². The highest BCUT2D eigenvalue weighted by atomic mass is 16.4. The van der Waals surface area contributed by atoms with Gasteiger partial charge in [-0.05, 0) is 19.4 Å². The van der Waals surface area contributed by atoms with Crippen LogP contribution in [0.4, 0.5) is 0 Å². The Morgan fingerprint density at radius 1 is 1.47 bits per heavy atom. The molecule has 0 aromatic rings. The first-order valence-electron chi connectivity index (χ1n) is 4.80. The Labute approximate surface area is 90.0 Å². The number of hydrogen-bond donors (Lipinski definition) is 1. The number of nitriles is 1. The van der Waals surface area contributed by atoms with Crippen molar-refractivity contribution in [2.75, 3.05) is 0 Å². The molecule has 0 saturated carbocycles. The van der Waals surface area contributed by atoms with E-state index in [4.69, 9.17) is 10.4 Å². The summed E-state index contributed by atoms with van der Waals surface area (Å²) in [5.41, 5.74) is 0.677. The average Bonchev–Trinajstić information content (AvgIpc) is 2.18. The van der Waals surface area contributed by atoms with Gasteiger partial charge in [0.25, 0.3) is 0 Å². The van der Waals surface area contributed by atoms with Crippen LogP contribution in [0.5, 0.6) is 0 Å². The van der Waals surface area contributed by atoms with Crippen LogP contribution in [0, 0.1) is 11.3 Å². The van der Waals surface area contributed by atoms with Crippen LogP contribution >= 0.6 is 0 Å². The molecule has 0 fully saturated rings. The van der Waals surface area contributed by atoms with E-state index in [1.807, 2.05) is 19.1 Å². The summed E-state index contributed by atoms with van der Waals surface area (Å²) in [6.45, 7) is 3.95. The Morgan fingerprint density at radius 2 is 2.13 bits per heavy atom. The standard InChI is InChI=1S/C12H15NO2/c1-3-4-5-6-10(2)7-8-11(9-13)12(14)15/h5-8H,3-4H2,1-2H3,(H,14,15). The van der Waals surface area contributed by atoms with E-state index < -0.39 is 5.97 Å². The molecule has 0 amide bonds. The zero-order valence-electron chi connectivity index (χ0n) is 9.03. The smallest absolute Gasteiger partial charge is 0.346 e. The quantitative estimate of drug-likeness (QED) is 0.426. The number of allylic oxidation sites excluding steroid dienone is 5. The van der Waals surface area contributed by atoms with E-state index in [-0.39, 0.29) is 5.57 Å². The summed E-state index contributed by atoms with van der Waals surface area (Å²) in [4.78, 5) is 10.5. The first-order valence-corrected chi connectivity index (χ1v) is 4.80. The fourth-order valence-corrected chi connectivity index (χ4v) is 0.863. The van der Waals surface area contributed by atoms with Crippen LogP contribution in [-0.2, 0) is 4.79 Å². The Hall–Kier alpha value is -1.82. The predicted octanol–water partition coefficient (Wildman–Crippen LogP) is 2.82. The molecule has 3 heteroatoms. The highest BCUT2D eigenvalue weighted by molar-refractivity contribution is 5.91. The molecule has 0 radical (unpaired) electrons. The van der Waals surface area contributed by atoms with Crippen molar-refractivity contribution in [2.24, 2.45) is 0 Å². The maximum absolute atomic E-state index is 10.5. The number of carboxylic acids is 1. The minimum absolute atomic E-state index is 0.252. The van der Waals surface area contributed by atoms with Crippen molar-refractivity contribution in [1.82, 2.24) is 0 Å². The van der Waals surface area contributed by atoms with Crippen LogP contribution in [0.25, 0.3) is 0 Å². The Morgan fingerprint density at radius 3 is 2.60 bits per heavy atom. The number of hydrogen-bond acceptors (Lipinski definition) is 2. The van der Waals surface area contributed by atoms with E-state index in [0.29, 0.717) is 0 Å². The third-order valence-electron chi connectivity index (χ3n) is 1.70. The van der Waals surface area contributed by atoms with Crippen LogP contribution in [0.15, 0.2) is 35.5 Å². The maximum atomic E-state index is 10.5. The van der Waals surface area contributed by atoms with Gasteiger partial charge in [0.2, 0.25) is 0 Å². The second-order valence-electron chi connectivity index (χ2n) is 3.10. The van der Waals surface area contributed by atoms with Gasteiger partial charge in [-0.1, -0.05) is 37.1 Å². The number of unbranched alkanes of at least 4 members (excludes halogenated alkanes) is 1. The lowest BCUT2D eigenvalue weighted by Crippen LogP contribution is -1.96. The first kappa shape index (κ1) is 13.2. The minimum atomic E-state index is -1.20. The van der Waals surface area contributed by atoms with Crippen LogP contribution in [-0.4, -0.2) is 11.1 Å². The van der Waals surface area contributed by atoms with E-state index in [1.54, 1.807) is 12.1 Å². The van der Waals surface area contributed by atoms with E-state index in [2.05, 4.69) is 6.92 Å². The SMILES string of the molecule is CCCC=CC(C)=CC=C(C#N)C(=O)O. The molecule has 0 rings (SSSR count). The molecule has 0 spiro atoms. The molecule has 0 aliphatic heterocycles. The van der Waals surface area contributed by atoms with Crippen LogP contribution in [0.1, 0.15) is 26.7 Å². The molecule has 0 aliphatic carbocycles. The molecule has 0 bridgehead atoms. The Bertz CT molecular complexity index is 343. The van der Waals surface area contributed by atoms with Gasteiger partial charge in [-0.15, -0.1) is 0 Å². The van der Waals surface area contributed by atoms with Crippen molar-refractivity contribution in [3.05, 3.63) is 35.5 Å². The van der Waals surface area contributed by atoms with Crippen LogP contribution < -0.4 is 0 Å². The molecular weight excluding hydrogens is 190 g/mol. The summed E-state index contributed by atoms with van der Waals surface area (Å²) in [5.74, 6) is -1.20. The Balaban J connectivity index is 4.50. The fourth-order valence-electron chi connectivity index (χ4n) is 0.863. The van der Waals surface area contributed by atoms with Crippen molar-refractivity contribution < 1.29 is 9.90 Å². The molecule has 0 unspecified atom stereocenters. The first-order chi connectivity index (χ1) is 7.11. The van der Waals surface area contributed by atoms with Crippen LogP contribution in [0.3, 0.4) is 0 Å². The largest absolute Gasteiger partial charge is 0.477 e. The van der Waals surface area contributed by atoms with Gasteiger partial charge in [0.1, 0.15) is 11.6 Å². The van der Waals surface area contributed by atoms with Gasteiger partial charge in [0.15, 0.2) is 0 Å². The molecule has 0 aromatic heterocycles. The van der Waals surface area contributed by atoms with Crippen molar-refractivity contribution in [3.8, 4) is 6.07 Å². The van der Waals surface area contributed by atoms with E-state index in [9.17, 15) is 4.79 Å².